The molecule has 3 rings (SSSR count). The highest BCUT2D eigenvalue weighted by Crippen LogP contribution is 2.35. The maximum atomic E-state index is 12.7. The molecule has 132 valence electrons. The summed E-state index contributed by atoms with van der Waals surface area (Å²) in [5.74, 6) is -3.37. The predicted octanol–water partition coefficient (Wildman–Crippen LogP) is 2.36. The minimum Gasteiger partial charge on any atom is -0.481 e. The van der Waals surface area contributed by atoms with Crippen LogP contribution >= 0.6 is 24.0 Å². The van der Waals surface area contributed by atoms with Crippen molar-refractivity contribution in [1.82, 2.24) is 9.88 Å². The van der Waals surface area contributed by atoms with Crippen molar-refractivity contribution in [1.29, 1.82) is 0 Å². The summed E-state index contributed by atoms with van der Waals surface area (Å²) in [4.78, 5) is 40.4. The number of rotatable bonds is 5. The fourth-order valence-corrected chi connectivity index (χ4v) is 3.94. The Hall–Kier alpha value is -2.78. The second kappa shape index (κ2) is 7.22. The van der Waals surface area contributed by atoms with Crippen molar-refractivity contribution in [2.24, 2.45) is 0 Å². The van der Waals surface area contributed by atoms with Crippen LogP contribution < -0.4 is 0 Å². The second-order valence-electron chi connectivity index (χ2n) is 5.43. The predicted molar refractivity (Wildman–Crippen MR) is 100 cm³/mol. The highest BCUT2D eigenvalue weighted by atomic mass is 32.2. The van der Waals surface area contributed by atoms with E-state index in [1.807, 2.05) is 18.2 Å². The molecule has 7 nitrogen and oxygen atoms in total. The number of carboxylic acid groups (broad SMARTS) is 2. The molecule has 1 aromatic carbocycles. The molecule has 2 N–H and O–H groups in total. The molecule has 0 aliphatic carbocycles. The molecule has 1 unspecified atom stereocenters. The lowest BCUT2D eigenvalue weighted by Gasteiger charge is -2.21. The number of hydrogen-bond donors (Lipinski definition) is 2. The summed E-state index contributed by atoms with van der Waals surface area (Å²) in [6.07, 6.45) is 2.50. The van der Waals surface area contributed by atoms with E-state index < -0.39 is 30.3 Å². The van der Waals surface area contributed by atoms with Gasteiger partial charge in [0.25, 0.3) is 5.91 Å². The normalized spacial score (nSPS) is 17.1. The average Bonchev–Trinajstić information content (AvgIpc) is 2.86. The Morgan fingerprint density at radius 3 is 2.69 bits per heavy atom. The first-order valence-corrected chi connectivity index (χ1v) is 8.66. The lowest BCUT2D eigenvalue weighted by Crippen LogP contribution is -2.45. The van der Waals surface area contributed by atoms with Gasteiger partial charge in [-0.15, -0.1) is 0 Å². The van der Waals surface area contributed by atoms with Crippen LogP contribution in [0.5, 0.6) is 0 Å². The van der Waals surface area contributed by atoms with Gasteiger partial charge < -0.3 is 10.2 Å². The number of carbonyl (C=O) groups is 3. The zero-order valence-electron chi connectivity index (χ0n) is 13.2. The zero-order chi connectivity index (χ0) is 18.8. The van der Waals surface area contributed by atoms with Gasteiger partial charge in [-0.1, -0.05) is 48.2 Å². The fraction of sp³-hybridized carbons (Fsp3) is 0.118. The first-order chi connectivity index (χ1) is 12.4. The average molecular weight is 388 g/mol. The third kappa shape index (κ3) is 3.44. The maximum Gasteiger partial charge on any atom is 0.327 e. The molecule has 0 saturated carbocycles. The number of hydrogen-bond acceptors (Lipinski definition) is 6. The summed E-state index contributed by atoms with van der Waals surface area (Å²) in [5, 5.41) is 19.1. The van der Waals surface area contributed by atoms with Crippen molar-refractivity contribution >= 4 is 63.1 Å². The van der Waals surface area contributed by atoms with Crippen molar-refractivity contribution in [3.63, 3.8) is 0 Å². The van der Waals surface area contributed by atoms with Crippen LogP contribution in [0.2, 0.25) is 0 Å². The van der Waals surface area contributed by atoms with Crippen LogP contribution in [-0.2, 0) is 14.4 Å². The molecular weight excluding hydrogens is 376 g/mol. The number of fused-ring (bicyclic) bond motifs is 1. The third-order valence-corrected chi connectivity index (χ3v) is 5.07. The topological polar surface area (TPSA) is 108 Å². The number of thiocarbonyl (C=S) groups is 1. The van der Waals surface area contributed by atoms with E-state index in [4.69, 9.17) is 17.3 Å². The molecule has 1 saturated heterocycles. The van der Waals surface area contributed by atoms with Crippen LogP contribution in [0.3, 0.4) is 0 Å². The van der Waals surface area contributed by atoms with Gasteiger partial charge in [0.2, 0.25) is 0 Å². The van der Waals surface area contributed by atoms with Gasteiger partial charge in [0, 0.05) is 17.1 Å². The highest BCUT2D eigenvalue weighted by Gasteiger charge is 2.41. The van der Waals surface area contributed by atoms with Crippen molar-refractivity contribution < 1.29 is 24.6 Å². The van der Waals surface area contributed by atoms with Gasteiger partial charge in [0.05, 0.1) is 16.8 Å². The Bertz CT molecular complexity index is 967. The molecule has 1 aromatic heterocycles. The van der Waals surface area contributed by atoms with Crippen LogP contribution in [0.15, 0.2) is 41.4 Å². The summed E-state index contributed by atoms with van der Waals surface area (Å²) in [6, 6.07) is 7.64. The van der Waals surface area contributed by atoms with E-state index in [0.29, 0.717) is 11.1 Å². The lowest BCUT2D eigenvalue weighted by atomic mass is 10.1. The summed E-state index contributed by atoms with van der Waals surface area (Å²) in [5.41, 5.74) is 1.38. The molecular formula is C17H12N2O5S2. The summed E-state index contributed by atoms with van der Waals surface area (Å²) < 4.78 is 0.0168. The van der Waals surface area contributed by atoms with E-state index in [0.717, 1.165) is 22.0 Å². The fourth-order valence-electron chi connectivity index (χ4n) is 2.59. The number of aromatic nitrogens is 1. The molecule has 2 heterocycles. The minimum atomic E-state index is -1.54. The van der Waals surface area contributed by atoms with E-state index in [-0.39, 0.29) is 9.23 Å². The van der Waals surface area contributed by atoms with Crippen LogP contribution in [0.4, 0.5) is 0 Å². The number of nitrogens with zero attached hydrogens (tertiary/aromatic N) is 2. The Kier molecular flexibility index (Phi) is 5.01. The summed E-state index contributed by atoms with van der Waals surface area (Å²) in [6.45, 7) is 0. The van der Waals surface area contributed by atoms with E-state index in [9.17, 15) is 19.5 Å². The summed E-state index contributed by atoms with van der Waals surface area (Å²) in [7, 11) is 0. The number of aliphatic carboxylic acids is 2. The van der Waals surface area contributed by atoms with Gasteiger partial charge in [0.15, 0.2) is 0 Å². The van der Waals surface area contributed by atoms with E-state index in [2.05, 4.69) is 4.98 Å². The quantitative estimate of drug-likeness (QED) is 0.594. The van der Waals surface area contributed by atoms with Crippen molar-refractivity contribution in [3.05, 3.63) is 47.0 Å². The van der Waals surface area contributed by atoms with E-state index in [1.165, 1.54) is 0 Å². The number of carbonyl (C=O) groups excluding carboxylic acids is 1. The molecule has 1 fully saturated rings. The number of carboxylic acids is 2. The molecule has 0 bridgehead atoms. The molecule has 0 radical (unpaired) electrons. The monoisotopic (exact) mass is 388 g/mol. The second-order valence-corrected chi connectivity index (χ2v) is 7.10. The zero-order valence-corrected chi connectivity index (χ0v) is 14.8. The molecule has 2 aromatic rings. The molecule has 9 heteroatoms. The number of pyridine rings is 1. The molecule has 1 aliphatic heterocycles. The van der Waals surface area contributed by atoms with Crippen LogP contribution in [0.1, 0.15) is 12.0 Å². The Balaban J connectivity index is 1.99. The van der Waals surface area contributed by atoms with Gasteiger partial charge in [-0.2, -0.15) is 0 Å². The Morgan fingerprint density at radius 2 is 2.00 bits per heavy atom. The van der Waals surface area contributed by atoms with Gasteiger partial charge >= 0.3 is 11.9 Å². The molecule has 0 spiro atoms. The Morgan fingerprint density at radius 1 is 1.27 bits per heavy atom. The first kappa shape index (κ1) is 18.0. The molecule has 1 aliphatic rings. The molecule has 1 atom stereocenters. The number of para-hydroxylation sites is 1. The SMILES string of the molecule is O=C(O)CC(C(=O)O)N1C(=O)C(=Cc2cccc3cccnc23)SC1=S. The summed E-state index contributed by atoms with van der Waals surface area (Å²) >= 11 is 6.05. The number of amides is 1. The minimum absolute atomic E-state index is 0.0168. The number of thioether (sulfide) groups is 1. The van der Waals surface area contributed by atoms with Crippen LogP contribution in [0.25, 0.3) is 17.0 Å². The maximum absolute atomic E-state index is 12.7. The van der Waals surface area contributed by atoms with Crippen LogP contribution in [-0.4, -0.2) is 48.3 Å². The standard InChI is InChI=1S/C17H12N2O5S2/c20-13(21)8-11(16(23)24)19-15(22)12(26-17(19)25)7-10-4-1-3-9-5-2-6-18-14(9)10/h1-7,11H,8H2,(H,20,21)(H,23,24). The Labute approximate surface area is 157 Å². The highest BCUT2D eigenvalue weighted by molar-refractivity contribution is 8.26. The van der Waals surface area contributed by atoms with E-state index in [1.54, 1.807) is 24.4 Å². The van der Waals surface area contributed by atoms with Crippen molar-refractivity contribution in [2.45, 2.75) is 12.5 Å². The first-order valence-electron chi connectivity index (χ1n) is 7.44. The third-order valence-electron chi connectivity index (χ3n) is 3.74. The van der Waals surface area contributed by atoms with Gasteiger partial charge in [0.1, 0.15) is 10.4 Å². The van der Waals surface area contributed by atoms with Gasteiger partial charge in [-0.25, -0.2) is 4.79 Å². The lowest BCUT2D eigenvalue weighted by molar-refractivity contribution is -0.150. The van der Waals surface area contributed by atoms with Crippen molar-refractivity contribution in [3.8, 4) is 0 Å². The van der Waals surface area contributed by atoms with Crippen LogP contribution in [0, 0.1) is 0 Å². The van der Waals surface area contributed by atoms with Gasteiger partial charge in [-0.05, 0) is 12.1 Å². The van der Waals surface area contributed by atoms with Crippen molar-refractivity contribution in [2.75, 3.05) is 0 Å². The number of benzene rings is 1. The van der Waals surface area contributed by atoms with Gasteiger partial charge in [-0.3, -0.25) is 19.5 Å². The largest absolute Gasteiger partial charge is 0.481 e. The molecule has 26 heavy (non-hydrogen) atoms. The molecule has 1 amide bonds. The van der Waals surface area contributed by atoms with E-state index >= 15 is 0 Å². The smallest absolute Gasteiger partial charge is 0.327 e.